The van der Waals surface area contributed by atoms with E-state index in [1.807, 2.05) is 6.92 Å². The summed E-state index contributed by atoms with van der Waals surface area (Å²) in [7, 11) is -1.28. The second-order valence-corrected chi connectivity index (χ2v) is 11.0. The van der Waals surface area contributed by atoms with E-state index in [-0.39, 0.29) is 28.7 Å². The summed E-state index contributed by atoms with van der Waals surface area (Å²) >= 11 is 1.45. The molecule has 0 aromatic carbocycles. The van der Waals surface area contributed by atoms with Crippen molar-refractivity contribution in [2.45, 2.75) is 67.4 Å². The van der Waals surface area contributed by atoms with Crippen LogP contribution in [0.3, 0.4) is 0 Å². The van der Waals surface area contributed by atoms with Gasteiger partial charge in [-0.2, -0.15) is 0 Å². The van der Waals surface area contributed by atoms with Gasteiger partial charge in [0.1, 0.15) is 5.82 Å². The van der Waals surface area contributed by atoms with Crippen molar-refractivity contribution in [3.63, 3.8) is 0 Å². The minimum atomic E-state index is -2.99. The Morgan fingerprint density at radius 2 is 1.96 bits per heavy atom. The van der Waals surface area contributed by atoms with Crippen molar-refractivity contribution in [2.75, 3.05) is 18.6 Å². The number of nitrogens with zero attached hydrogens (tertiary/aromatic N) is 4. The molecule has 2 saturated carbocycles. The van der Waals surface area contributed by atoms with Crippen LogP contribution in [0.15, 0.2) is 5.16 Å². The topological polar surface area (TPSA) is 85.2 Å². The average molecular weight is 385 g/mol. The van der Waals surface area contributed by atoms with Gasteiger partial charge in [0, 0.05) is 25.0 Å². The smallest absolute Gasteiger partial charge is 0.235 e. The molecule has 2 aliphatic carbocycles. The Morgan fingerprint density at radius 3 is 2.52 bits per heavy atom. The molecule has 0 unspecified atom stereocenters. The third-order valence-corrected chi connectivity index (χ3v) is 8.07. The summed E-state index contributed by atoms with van der Waals surface area (Å²) < 4.78 is 25.6. The molecule has 1 amide bonds. The van der Waals surface area contributed by atoms with E-state index in [0.717, 1.165) is 23.8 Å². The summed E-state index contributed by atoms with van der Waals surface area (Å²) in [4.78, 5) is 14.4. The van der Waals surface area contributed by atoms with Crippen molar-refractivity contribution in [1.82, 2.24) is 19.7 Å². The number of carbonyl (C=O) groups excluding carboxylic acids is 1. The Labute approximate surface area is 152 Å². The Hall–Kier alpha value is -1.09. The molecule has 7 nitrogen and oxygen atoms in total. The number of sulfone groups is 1. The molecule has 0 radical (unpaired) electrons. The van der Waals surface area contributed by atoms with Gasteiger partial charge in [0.15, 0.2) is 15.0 Å². The maximum absolute atomic E-state index is 12.7. The van der Waals surface area contributed by atoms with E-state index in [9.17, 15) is 13.2 Å². The van der Waals surface area contributed by atoms with E-state index in [2.05, 4.69) is 14.8 Å². The number of thioether (sulfide) groups is 1. The lowest BCUT2D eigenvalue weighted by molar-refractivity contribution is -0.130. The summed E-state index contributed by atoms with van der Waals surface area (Å²) in [5.74, 6) is 1.85. The van der Waals surface area contributed by atoms with Gasteiger partial charge in [-0.15, -0.1) is 10.2 Å². The predicted octanol–water partition coefficient (Wildman–Crippen LogP) is 1.62. The number of aromatic nitrogens is 3. The van der Waals surface area contributed by atoms with Crippen molar-refractivity contribution >= 4 is 27.5 Å². The van der Waals surface area contributed by atoms with Crippen molar-refractivity contribution in [2.24, 2.45) is 0 Å². The van der Waals surface area contributed by atoms with Crippen LogP contribution >= 0.6 is 11.8 Å². The molecule has 0 spiro atoms. The highest BCUT2D eigenvalue weighted by molar-refractivity contribution is 8.00. The minimum Gasteiger partial charge on any atom is -0.341 e. The second-order valence-electron chi connectivity index (χ2n) is 7.48. The molecule has 9 heteroatoms. The van der Waals surface area contributed by atoms with Gasteiger partial charge < -0.3 is 9.47 Å². The van der Waals surface area contributed by atoms with Gasteiger partial charge in [-0.3, -0.25) is 4.79 Å². The van der Waals surface area contributed by atoms with E-state index in [1.165, 1.54) is 24.6 Å². The molecule has 1 saturated heterocycles. The van der Waals surface area contributed by atoms with Gasteiger partial charge >= 0.3 is 0 Å². The highest BCUT2D eigenvalue weighted by atomic mass is 32.2. The highest BCUT2D eigenvalue weighted by Crippen LogP contribution is 2.46. The molecule has 4 rings (SSSR count). The highest BCUT2D eigenvalue weighted by Gasteiger charge is 2.38. The first-order chi connectivity index (χ1) is 11.9. The summed E-state index contributed by atoms with van der Waals surface area (Å²) in [5, 5.41) is 9.26. The SMILES string of the molecule is C[C@@H](Sc1nnc(C2CC2)n1C1CC1)C(=O)N(C)[C@H]1CCS(=O)(=O)C1. The molecule has 1 aliphatic heterocycles. The van der Waals surface area contributed by atoms with Gasteiger partial charge in [0.2, 0.25) is 5.91 Å². The Bertz CT molecular complexity index is 783. The molecule has 3 fully saturated rings. The molecule has 0 N–H and O–H groups in total. The van der Waals surface area contributed by atoms with Crippen LogP contribution in [0.2, 0.25) is 0 Å². The first-order valence-electron chi connectivity index (χ1n) is 8.94. The Balaban J connectivity index is 1.45. The molecule has 1 aromatic rings. The van der Waals surface area contributed by atoms with E-state index >= 15 is 0 Å². The zero-order valence-corrected chi connectivity index (χ0v) is 16.2. The van der Waals surface area contributed by atoms with Gasteiger partial charge in [-0.25, -0.2) is 8.42 Å². The molecule has 2 heterocycles. The maximum Gasteiger partial charge on any atom is 0.235 e. The second kappa shape index (κ2) is 6.26. The van der Waals surface area contributed by atoms with E-state index in [1.54, 1.807) is 11.9 Å². The van der Waals surface area contributed by atoms with E-state index < -0.39 is 9.84 Å². The molecule has 2 atom stereocenters. The number of hydrogen-bond donors (Lipinski definition) is 0. The molecule has 25 heavy (non-hydrogen) atoms. The average Bonchev–Trinajstić information content (AvgIpc) is 3.49. The standard InChI is InChI=1S/C16H24N4O3S2/c1-10(15(21)19(2)13-7-8-25(22,23)9-13)24-16-18-17-14(11-3-4-11)20(16)12-5-6-12/h10-13H,3-9H2,1-2H3/t10-,13+/m1/s1. The van der Waals surface area contributed by atoms with Gasteiger partial charge in [-0.05, 0) is 39.0 Å². The minimum absolute atomic E-state index is 0.0366. The van der Waals surface area contributed by atoms with Crippen LogP contribution in [0.1, 0.15) is 56.8 Å². The fraction of sp³-hybridized carbons (Fsp3) is 0.812. The fourth-order valence-corrected chi connectivity index (χ4v) is 6.22. The number of hydrogen-bond acceptors (Lipinski definition) is 6. The van der Waals surface area contributed by atoms with Crippen molar-refractivity contribution < 1.29 is 13.2 Å². The van der Waals surface area contributed by atoms with Crippen molar-refractivity contribution in [3.8, 4) is 0 Å². The van der Waals surface area contributed by atoms with Gasteiger partial charge in [0.25, 0.3) is 0 Å². The lowest BCUT2D eigenvalue weighted by Crippen LogP contribution is -2.41. The summed E-state index contributed by atoms with van der Waals surface area (Å²) in [6.45, 7) is 1.87. The third-order valence-electron chi connectivity index (χ3n) is 5.28. The normalized spacial score (nSPS) is 26.6. The van der Waals surface area contributed by atoms with Crippen LogP contribution in [-0.4, -0.2) is 63.8 Å². The van der Waals surface area contributed by atoms with Crippen LogP contribution in [0.4, 0.5) is 0 Å². The summed E-state index contributed by atoms with van der Waals surface area (Å²) in [6.07, 6.45) is 5.22. The quantitative estimate of drug-likeness (QED) is 0.693. The molecular weight excluding hydrogens is 360 g/mol. The van der Waals surface area contributed by atoms with Crippen LogP contribution in [0, 0.1) is 0 Å². The maximum atomic E-state index is 12.7. The Morgan fingerprint density at radius 1 is 1.24 bits per heavy atom. The summed E-state index contributed by atoms with van der Waals surface area (Å²) in [6, 6.07) is 0.289. The monoisotopic (exact) mass is 384 g/mol. The molecule has 1 aromatic heterocycles. The number of rotatable bonds is 6. The molecule has 3 aliphatic rings. The third kappa shape index (κ3) is 3.58. The zero-order chi connectivity index (χ0) is 17.8. The number of amides is 1. The first-order valence-corrected chi connectivity index (χ1v) is 11.6. The van der Waals surface area contributed by atoms with Crippen LogP contribution in [0.5, 0.6) is 0 Å². The van der Waals surface area contributed by atoms with Crippen LogP contribution in [-0.2, 0) is 14.6 Å². The van der Waals surface area contributed by atoms with Crippen molar-refractivity contribution in [3.05, 3.63) is 5.82 Å². The largest absolute Gasteiger partial charge is 0.341 e. The van der Waals surface area contributed by atoms with Crippen LogP contribution in [0.25, 0.3) is 0 Å². The van der Waals surface area contributed by atoms with Gasteiger partial charge in [0.05, 0.1) is 16.8 Å². The first kappa shape index (κ1) is 17.3. The lowest BCUT2D eigenvalue weighted by Gasteiger charge is -2.26. The van der Waals surface area contributed by atoms with Gasteiger partial charge in [-0.1, -0.05) is 11.8 Å². The van der Waals surface area contributed by atoms with E-state index in [4.69, 9.17) is 0 Å². The molecular formula is C16H24N4O3S2. The number of carbonyl (C=O) groups is 1. The zero-order valence-electron chi connectivity index (χ0n) is 14.6. The fourth-order valence-electron chi connectivity index (χ4n) is 3.42. The van der Waals surface area contributed by atoms with E-state index in [0.29, 0.717) is 18.4 Å². The summed E-state index contributed by atoms with van der Waals surface area (Å²) in [5.41, 5.74) is 0. The predicted molar refractivity (Wildman–Crippen MR) is 95.4 cm³/mol. The molecule has 138 valence electrons. The van der Waals surface area contributed by atoms with Crippen molar-refractivity contribution in [1.29, 1.82) is 0 Å². The van der Waals surface area contributed by atoms with Crippen LogP contribution < -0.4 is 0 Å². The lowest BCUT2D eigenvalue weighted by atomic mass is 10.2. The Kier molecular flexibility index (Phi) is 4.34. The molecule has 0 bridgehead atoms.